The lowest BCUT2D eigenvalue weighted by molar-refractivity contribution is -0.118. The smallest absolute Gasteiger partial charge is 0.132 e. The quantitative estimate of drug-likeness (QED) is 0.675. The van der Waals surface area contributed by atoms with Crippen LogP contribution in [0, 0.1) is 5.92 Å². The highest BCUT2D eigenvalue weighted by molar-refractivity contribution is 5.77. The fourth-order valence-electron chi connectivity index (χ4n) is 2.54. The second-order valence-electron chi connectivity index (χ2n) is 5.58. The Bertz CT molecular complexity index is 243. The Morgan fingerprint density at radius 2 is 1.76 bits per heavy atom. The average Bonchev–Trinajstić information content (AvgIpc) is 3.15. The number of hydrogen-bond donors (Lipinski definition) is 0. The largest absolute Gasteiger partial charge is 0.301 e. The van der Waals surface area contributed by atoms with Gasteiger partial charge in [-0.1, -0.05) is 6.92 Å². The van der Waals surface area contributed by atoms with E-state index in [2.05, 4.69) is 9.80 Å². The molecule has 1 aliphatic heterocycles. The van der Waals surface area contributed by atoms with Gasteiger partial charge in [0.1, 0.15) is 5.78 Å². The van der Waals surface area contributed by atoms with Crippen molar-refractivity contribution < 1.29 is 4.79 Å². The van der Waals surface area contributed by atoms with Crippen LogP contribution in [0.25, 0.3) is 0 Å². The molecule has 0 N–H and O–H groups in total. The first kappa shape index (κ1) is 13.0. The van der Waals surface area contributed by atoms with Crippen LogP contribution in [0.15, 0.2) is 0 Å². The molecule has 0 atom stereocenters. The van der Waals surface area contributed by atoms with E-state index in [1.165, 1.54) is 45.6 Å². The predicted molar refractivity (Wildman–Crippen MR) is 70.1 cm³/mol. The molecule has 2 aliphatic rings. The third-order valence-corrected chi connectivity index (χ3v) is 4.00. The van der Waals surface area contributed by atoms with Gasteiger partial charge >= 0.3 is 0 Å². The topological polar surface area (TPSA) is 23.6 Å². The zero-order chi connectivity index (χ0) is 12.1. The number of nitrogens with zero attached hydrogens (tertiary/aromatic N) is 2. The van der Waals surface area contributed by atoms with Crippen LogP contribution >= 0.6 is 0 Å². The van der Waals surface area contributed by atoms with Gasteiger partial charge in [0.15, 0.2) is 0 Å². The first-order valence-electron chi connectivity index (χ1n) is 7.24. The number of rotatable bonds is 7. The Morgan fingerprint density at radius 1 is 1.12 bits per heavy atom. The maximum absolute atomic E-state index is 11.2. The summed E-state index contributed by atoms with van der Waals surface area (Å²) >= 11 is 0. The Balaban J connectivity index is 1.53. The fourth-order valence-corrected chi connectivity index (χ4v) is 2.54. The standard InChI is InChI=1S/C14H26N2O/c1-2-14(17)4-3-7-15-8-10-16(11-9-15)12-13-5-6-13/h13H,2-12H2,1H3. The second kappa shape index (κ2) is 6.50. The molecule has 1 saturated heterocycles. The molecule has 3 nitrogen and oxygen atoms in total. The number of Topliss-reactive ketones (excluding diaryl/α,β-unsaturated/α-hetero) is 1. The zero-order valence-electron chi connectivity index (χ0n) is 11.2. The molecule has 3 heteroatoms. The van der Waals surface area contributed by atoms with E-state index in [1.54, 1.807) is 0 Å². The molecule has 1 heterocycles. The van der Waals surface area contributed by atoms with Crippen LogP contribution in [0.4, 0.5) is 0 Å². The molecular weight excluding hydrogens is 212 g/mol. The minimum absolute atomic E-state index is 0.414. The third kappa shape index (κ3) is 4.76. The molecular formula is C14H26N2O. The van der Waals surface area contributed by atoms with Gasteiger partial charge in [-0.15, -0.1) is 0 Å². The molecule has 0 unspecified atom stereocenters. The van der Waals surface area contributed by atoms with Crippen molar-refractivity contribution in [3.05, 3.63) is 0 Å². The highest BCUT2D eigenvalue weighted by Gasteiger charge is 2.26. The summed E-state index contributed by atoms with van der Waals surface area (Å²) in [6.07, 6.45) is 5.45. The lowest BCUT2D eigenvalue weighted by Gasteiger charge is -2.34. The minimum atomic E-state index is 0.414. The number of carbonyl (C=O) groups excluding carboxylic acids is 1. The van der Waals surface area contributed by atoms with Gasteiger partial charge in [-0.2, -0.15) is 0 Å². The molecule has 0 amide bonds. The molecule has 0 radical (unpaired) electrons. The molecule has 1 saturated carbocycles. The molecule has 98 valence electrons. The van der Waals surface area contributed by atoms with E-state index in [1.807, 2.05) is 6.92 Å². The van der Waals surface area contributed by atoms with Crippen LogP contribution in [-0.4, -0.2) is 54.9 Å². The van der Waals surface area contributed by atoms with Crippen molar-refractivity contribution in [1.82, 2.24) is 9.80 Å². The van der Waals surface area contributed by atoms with Crippen molar-refractivity contribution in [3.63, 3.8) is 0 Å². The maximum atomic E-state index is 11.2. The summed E-state index contributed by atoms with van der Waals surface area (Å²) < 4.78 is 0. The normalized spacial score (nSPS) is 22.9. The van der Waals surface area contributed by atoms with Gasteiger partial charge in [-0.3, -0.25) is 4.79 Å². The van der Waals surface area contributed by atoms with Crippen molar-refractivity contribution in [3.8, 4) is 0 Å². The van der Waals surface area contributed by atoms with Gasteiger partial charge < -0.3 is 9.80 Å². The first-order valence-corrected chi connectivity index (χ1v) is 7.24. The SMILES string of the molecule is CCC(=O)CCCN1CCN(CC2CC2)CC1. The van der Waals surface area contributed by atoms with Gasteiger partial charge in [0.25, 0.3) is 0 Å². The van der Waals surface area contributed by atoms with Gasteiger partial charge in [-0.05, 0) is 31.7 Å². The number of ketones is 1. The van der Waals surface area contributed by atoms with Crippen LogP contribution in [-0.2, 0) is 4.79 Å². The van der Waals surface area contributed by atoms with E-state index in [0.29, 0.717) is 12.2 Å². The highest BCUT2D eigenvalue weighted by Crippen LogP contribution is 2.29. The summed E-state index contributed by atoms with van der Waals surface area (Å²) in [5.41, 5.74) is 0. The number of carbonyl (C=O) groups is 1. The van der Waals surface area contributed by atoms with Gasteiger partial charge in [0.2, 0.25) is 0 Å². The van der Waals surface area contributed by atoms with Gasteiger partial charge in [0, 0.05) is 45.6 Å². The van der Waals surface area contributed by atoms with E-state index in [4.69, 9.17) is 0 Å². The molecule has 0 bridgehead atoms. The second-order valence-corrected chi connectivity index (χ2v) is 5.58. The molecule has 17 heavy (non-hydrogen) atoms. The van der Waals surface area contributed by atoms with Crippen molar-refractivity contribution in [1.29, 1.82) is 0 Å². The first-order chi connectivity index (χ1) is 8.28. The summed E-state index contributed by atoms with van der Waals surface area (Å²) in [4.78, 5) is 16.3. The van der Waals surface area contributed by atoms with E-state index in [9.17, 15) is 4.79 Å². The third-order valence-electron chi connectivity index (χ3n) is 4.00. The average molecular weight is 238 g/mol. The fraction of sp³-hybridized carbons (Fsp3) is 0.929. The Morgan fingerprint density at radius 3 is 2.35 bits per heavy atom. The highest BCUT2D eigenvalue weighted by atomic mass is 16.1. The van der Waals surface area contributed by atoms with Crippen LogP contribution < -0.4 is 0 Å². The Labute approximate surface area is 105 Å². The van der Waals surface area contributed by atoms with Crippen LogP contribution in [0.5, 0.6) is 0 Å². The lowest BCUT2D eigenvalue weighted by atomic mass is 10.1. The number of piperazine rings is 1. The molecule has 2 rings (SSSR count). The van der Waals surface area contributed by atoms with Crippen molar-refractivity contribution >= 4 is 5.78 Å². The summed E-state index contributed by atoms with van der Waals surface area (Å²) in [5.74, 6) is 1.43. The lowest BCUT2D eigenvalue weighted by Crippen LogP contribution is -2.47. The molecule has 0 aromatic carbocycles. The summed E-state index contributed by atoms with van der Waals surface area (Å²) in [6, 6.07) is 0. The summed E-state index contributed by atoms with van der Waals surface area (Å²) in [5, 5.41) is 0. The van der Waals surface area contributed by atoms with E-state index < -0.39 is 0 Å². The molecule has 2 fully saturated rings. The van der Waals surface area contributed by atoms with E-state index >= 15 is 0 Å². The van der Waals surface area contributed by atoms with Crippen LogP contribution in [0.1, 0.15) is 39.0 Å². The van der Waals surface area contributed by atoms with Gasteiger partial charge in [-0.25, -0.2) is 0 Å². The monoisotopic (exact) mass is 238 g/mol. The van der Waals surface area contributed by atoms with Crippen molar-refractivity contribution in [2.75, 3.05) is 39.3 Å². The summed E-state index contributed by atoms with van der Waals surface area (Å²) in [7, 11) is 0. The molecule has 1 aliphatic carbocycles. The van der Waals surface area contributed by atoms with E-state index in [-0.39, 0.29) is 0 Å². The number of hydrogen-bond acceptors (Lipinski definition) is 3. The van der Waals surface area contributed by atoms with Crippen molar-refractivity contribution in [2.24, 2.45) is 5.92 Å². The zero-order valence-corrected chi connectivity index (χ0v) is 11.2. The maximum Gasteiger partial charge on any atom is 0.132 e. The van der Waals surface area contributed by atoms with Gasteiger partial charge in [0.05, 0.1) is 0 Å². The Kier molecular flexibility index (Phi) is 4.99. The van der Waals surface area contributed by atoms with Crippen LogP contribution in [0.2, 0.25) is 0 Å². The van der Waals surface area contributed by atoms with E-state index in [0.717, 1.165) is 25.3 Å². The molecule has 0 spiro atoms. The minimum Gasteiger partial charge on any atom is -0.301 e. The molecule has 0 aromatic heterocycles. The Hall–Kier alpha value is -0.410. The summed E-state index contributed by atoms with van der Waals surface area (Å²) in [6.45, 7) is 9.28. The predicted octanol–water partition coefficient (Wildman–Crippen LogP) is 1.77. The van der Waals surface area contributed by atoms with Crippen LogP contribution in [0.3, 0.4) is 0 Å². The van der Waals surface area contributed by atoms with Crippen molar-refractivity contribution in [2.45, 2.75) is 39.0 Å². The molecule has 0 aromatic rings.